The lowest BCUT2D eigenvalue weighted by Crippen LogP contribution is -2.05. The lowest BCUT2D eigenvalue weighted by molar-refractivity contribution is 0.0696. The van der Waals surface area contributed by atoms with E-state index in [1.165, 1.54) is 6.20 Å². The molecule has 0 spiro atoms. The predicted molar refractivity (Wildman–Crippen MR) is 84.7 cm³/mol. The molecule has 106 valence electrons. The van der Waals surface area contributed by atoms with Crippen LogP contribution in [0.2, 0.25) is 0 Å². The van der Waals surface area contributed by atoms with Crippen molar-refractivity contribution in [2.24, 2.45) is 0 Å². The summed E-state index contributed by atoms with van der Waals surface area (Å²) in [7, 11) is 0. The average molecular weight is 345 g/mol. The second-order valence-corrected chi connectivity index (χ2v) is 5.64. The smallest absolute Gasteiger partial charge is 0.337 e. The largest absolute Gasteiger partial charge is 0.478 e. The van der Waals surface area contributed by atoms with E-state index in [9.17, 15) is 4.79 Å². The number of hydrogen-bond donors (Lipinski definition) is 1. The summed E-state index contributed by atoms with van der Waals surface area (Å²) in [5, 5.41) is 10.1. The molecule has 0 bridgehead atoms. The molecule has 0 atom stereocenters. The quantitative estimate of drug-likeness (QED) is 0.784. The molecule has 0 aliphatic heterocycles. The van der Waals surface area contributed by atoms with Crippen molar-refractivity contribution in [2.45, 2.75) is 13.5 Å². The van der Waals surface area contributed by atoms with Crippen molar-refractivity contribution in [1.29, 1.82) is 0 Å². The fraction of sp³-hybridized carbons (Fsp3) is 0.125. The standard InChI is InChI=1S/C16H13BrN2O2/c1-10-15(17)13-4-2-3-5-14(13)19(10)9-12-7-6-11(8-18-12)16(20)21/h2-8H,9H2,1H3,(H,20,21). The summed E-state index contributed by atoms with van der Waals surface area (Å²) in [6.45, 7) is 2.66. The molecule has 0 radical (unpaired) electrons. The Morgan fingerprint density at radius 1 is 1.29 bits per heavy atom. The Labute approximate surface area is 130 Å². The van der Waals surface area contributed by atoms with Crippen molar-refractivity contribution in [3.8, 4) is 0 Å². The minimum Gasteiger partial charge on any atom is -0.478 e. The summed E-state index contributed by atoms with van der Waals surface area (Å²) in [6, 6.07) is 11.5. The van der Waals surface area contributed by atoms with Crippen LogP contribution in [0.25, 0.3) is 10.9 Å². The van der Waals surface area contributed by atoms with E-state index in [0.717, 1.165) is 26.8 Å². The predicted octanol–water partition coefficient (Wildman–Crippen LogP) is 3.85. The van der Waals surface area contributed by atoms with Crippen LogP contribution in [0, 0.1) is 6.92 Å². The normalized spacial score (nSPS) is 11.0. The highest BCUT2D eigenvalue weighted by Gasteiger charge is 2.12. The average Bonchev–Trinajstić information content (AvgIpc) is 2.73. The van der Waals surface area contributed by atoms with Crippen molar-refractivity contribution in [3.63, 3.8) is 0 Å². The molecule has 3 aromatic rings. The number of carboxylic acid groups (broad SMARTS) is 1. The zero-order valence-corrected chi connectivity index (χ0v) is 13.0. The molecule has 0 unspecified atom stereocenters. The Hall–Kier alpha value is -2.14. The van der Waals surface area contributed by atoms with Gasteiger partial charge >= 0.3 is 5.97 Å². The summed E-state index contributed by atoms with van der Waals surface area (Å²) in [5.74, 6) is -0.959. The molecular formula is C16H13BrN2O2. The molecule has 2 aromatic heterocycles. The van der Waals surface area contributed by atoms with Gasteiger partial charge in [0, 0.05) is 27.3 Å². The van der Waals surface area contributed by atoms with Gasteiger partial charge in [-0.1, -0.05) is 18.2 Å². The Morgan fingerprint density at radius 3 is 2.71 bits per heavy atom. The van der Waals surface area contributed by atoms with Crippen molar-refractivity contribution in [1.82, 2.24) is 9.55 Å². The van der Waals surface area contributed by atoms with Crippen LogP contribution in [0.3, 0.4) is 0 Å². The molecule has 3 rings (SSSR count). The summed E-state index contributed by atoms with van der Waals surface area (Å²) in [4.78, 5) is 15.1. The minimum absolute atomic E-state index is 0.203. The Bertz CT molecular complexity index is 822. The number of nitrogens with zero attached hydrogens (tertiary/aromatic N) is 2. The maximum atomic E-state index is 10.9. The molecule has 5 heteroatoms. The summed E-state index contributed by atoms with van der Waals surface area (Å²) >= 11 is 3.63. The van der Waals surface area contributed by atoms with E-state index < -0.39 is 5.97 Å². The fourth-order valence-electron chi connectivity index (χ4n) is 2.40. The van der Waals surface area contributed by atoms with Gasteiger partial charge in [0.05, 0.1) is 17.8 Å². The number of carboxylic acids is 1. The van der Waals surface area contributed by atoms with Gasteiger partial charge in [-0.25, -0.2) is 4.79 Å². The van der Waals surface area contributed by atoms with E-state index in [1.54, 1.807) is 12.1 Å². The monoisotopic (exact) mass is 344 g/mol. The van der Waals surface area contributed by atoms with Crippen LogP contribution >= 0.6 is 15.9 Å². The van der Waals surface area contributed by atoms with Crippen LogP contribution in [0.15, 0.2) is 47.1 Å². The SMILES string of the molecule is Cc1c(Br)c2ccccc2n1Cc1ccc(C(=O)O)cn1. The van der Waals surface area contributed by atoms with Crippen LogP contribution in [-0.4, -0.2) is 20.6 Å². The zero-order valence-electron chi connectivity index (χ0n) is 11.4. The Kier molecular flexibility index (Phi) is 3.51. The van der Waals surface area contributed by atoms with Gasteiger partial charge in [-0.05, 0) is 41.1 Å². The first-order valence-electron chi connectivity index (χ1n) is 6.49. The van der Waals surface area contributed by atoms with Gasteiger partial charge in [0.1, 0.15) is 0 Å². The molecule has 1 N–H and O–H groups in total. The van der Waals surface area contributed by atoms with Crippen LogP contribution in [0.4, 0.5) is 0 Å². The maximum absolute atomic E-state index is 10.9. The number of rotatable bonds is 3. The van der Waals surface area contributed by atoms with E-state index in [4.69, 9.17) is 5.11 Å². The fourth-order valence-corrected chi connectivity index (χ4v) is 2.95. The third-order valence-electron chi connectivity index (χ3n) is 3.55. The van der Waals surface area contributed by atoms with Gasteiger partial charge in [0.15, 0.2) is 0 Å². The summed E-state index contributed by atoms with van der Waals surface area (Å²) in [6.07, 6.45) is 1.40. The second kappa shape index (κ2) is 5.33. The molecule has 4 nitrogen and oxygen atoms in total. The molecule has 0 aliphatic rings. The van der Waals surface area contributed by atoms with E-state index in [2.05, 4.69) is 44.5 Å². The first-order valence-corrected chi connectivity index (χ1v) is 7.29. The van der Waals surface area contributed by atoms with Gasteiger partial charge in [-0.3, -0.25) is 4.98 Å². The van der Waals surface area contributed by atoms with Gasteiger partial charge in [-0.2, -0.15) is 0 Å². The molecule has 21 heavy (non-hydrogen) atoms. The van der Waals surface area contributed by atoms with E-state index >= 15 is 0 Å². The number of halogens is 1. The molecular weight excluding hydrogens is 332 g/mol. The number of fused-ring (bicyclic) bond motifs is 1. The van der Waals surface area contributed by atoms with Crippen molar-refractivity contribution in [3.05, 3.63) is 64.0 Å². The van der Waals surface area contributed by atoms with Gasteiger partial charge in [0.2, 0.25) is 0 Å². The molecule has 0 saturated carbocycles. The minimum atomic E-state index is -0.959. The van der Waals surface area contributed by atoms with Crippen LogP contribution in [0.1, 0.15) is 21.7 Å². The van der Waals surface area contributed by atoms with E-state index in [0.29, 0.717) is 6.54 Å². The lowest BCUT2D eigenvalue weighted by Gasteiger charge is -2.08. The molecule has 0 amide bonds. The topological polar surface area (TPSA) is 55.1 Å². The van der Waals surface area contributed by atoms with E-state index in [-0.39, 0.29) is 5.56 Å². The van der Waals surface area contributed by atoms with Crippen molar-refractivity contribution >= 4 is 32.8 Å². The molecule has 0 fully saturated rings. The van der Waals surface area contributed by atoms with Crippen LogP contribution in [0.5, 0.6) is 0 Å². The summed E-state index contributed by atoms with van der Waals surface area (Å²) < 4.78 is 3.25. The highest BCUT2D eigenvalue weighted by molar-refractivity contribution is 9.10. The number of carbonyl (C=O) groups is 1. The number of aromatic nitrogens is 2. The highest BCUT2D eigenvalue weighted by atomic mass is 79.9. The third-order valence-corrected chi connectivity index (χ3v) is 4.55. The summed E-state index contributed by atoms with van der Waals surface area (Å²) in [5.41, 5.74) is 3.29. The number of aromatic carboxylic acids is 1. The van der Waals surface area contributed by atoms with Crippen molar-refractivity contribution < 1.29 is 9.90 Å². The van der Waals surface area contributed by atoms with Gasteiger partial charge < -0.3 is 9.67 Å². The highest BCUT2D eigenvalue weighted by Crippen LogP contribution is 2.30. The number of para-hydroxylation sites is 1. The molecule has 0 saturated heterocycles. The Balaban J connectivity index is 2.02. The second-order valence-electron chi connectivity index (χ2n) is 4.85. The number of hydrogen-bond acceptors (Lipinski definition) is 2. The van der Waals surface area contributed by atoms with E-state index in [1.807, 2.05) is 12.1 Å². The van der Waals surface area contributed by atoms with Gasteiger partial charge in [-0.15, -0.1) is 0 Å². The molecule has 1 aromatic carbocycles. The van der Waals surface area contributed by atoms with Gasteiger partial charge in [0.25, 0.3) is 0 Å². The molecule has 0 aliphatic carbocycles. The zero-order chi connectivity index (χ0) is 15.0. The molecule has 2 heterocycles. The van der Waals surface area contributed by atoms with Crippen molar-refractivity contribution in [2.75, 3.05) is 0 Å². The Morgan fingerprint density at radius 2 is 2.05 bits per heavy atom. The first kappa shape index (κ1) is 13.8. The lowest BCUT2D eigenvalue weighted by atomic mass is 10.2. The number of benzene rings is 1. The first-order chi connectivity index (χ1) is 10.1. The van der Waals surface area contributed by atoms with Crippen LogP contribution < -0.4 is 0 Å². The third kappa shape index (κ3) is 2.45. The van der Waals surface area contributed by atoms with Crippen LogP contribution in [-0.2, 0) is 6.54 Å². The maximum Gasteiger partial charge on any atom is 0.337 e. The number of pyridine rings is 1.